The van der Waals surface area contributed by atoms with Gasteiger partial charge in [0, 0.05) is 26.2 Å². The Hall–Kier alpha value is -1.67. The number of nitrogens with one attached hydrogen (secondary N) is 1. The lowest BCUT2D eigenvalue weighted by atomic mass is 9.85. The Morgan fingerprint density at radius 3 is 2.30 bits per heavy atom. The Bertz CT molecular complexity index is 498. The average molecular weight is 385 g/mol. The molecule has 156 valence electrons. The molecule has 0 spiro atoms. The van der Waals surface area contributed by atoms with Crippen LogP contribution >= 0.6 is 0 Å². The molecule has 1 saturated heterocycles. The number of nitrogens with zero attached hydrogens (tertiary/aromatic N) is 3. The van der Waals surface area contributed by atoms with Gasteiger partial charge >= 0.3 is 0 Å². The minimum atomic E-state index is -0.652. The second-order valence-electron chi connectivity index (χ2n) is 8.50. The lowest BCUT2D eigenvalue weighted by Gasteiger charge is -2.39. The summed E-state index contributed by atoms with van der Waals surface area (Å²) < 4.78 is 0. The van der Waals surface area contributed by atoms with Crippen LogP contribution < -0.4 is 5.32 Å². The normalized spacial score (nSPS) is 17.9. The first-order valence-corrected chi connectivity index (χ1v) is 9.78. The van der Waals surface area contributed by atoms with Crippen molar-refractivity contribution in [2.24, 2.45) is 11.3 Å². The molecule has 1 rings (SSSR count). The molecule has 0 aromatic carbocycles. The van der Waals surface area contributed by atoms with Gasteiger partial charge in [0.05, 0.1) is 12.5 Å². The van der Waals surface area contributed by atoms with Crippen molar-refractivity contribution < 1.29 is 19.6 Å². The maximum Gasteiger partial charge on any atom is 0.245 e. The maximum absolute atomic E-state index is 13.1. The smallest absolute Gasteiger partial charge is 0.245 e. The first-order valence-electron chi connectivity index (χ1n) is 9.78. The summed E-state index contributed by atoms with van der Waals surface area (Å²) in [5.74, 6) is -0.925. The van der Waals surface area contributed by atoms with Crippen molar-refractivity contribution in [3.05, 3.63) is 0 Å². The lowest BCUT2D eigenvalue weighted by Crippen LogP contribution is -2.59. The van der Waals surface area contributed by atoms with Crippen LogP contribution in [0.25, 0.3) is 0 Å². The summed E-state index contributed by atoms with van der Waals surface area (Å²) in [6, 6.07) is -0.652. The van der Waals surface area contributed by atoms with E-state index in [1.54, 1.807) is 4.90 Å². The number of carbonyl (C=O) groups is 3. The van der Waals surface area contributed by atoms with Crippen LogP contribution in [-0.4, -0.2) is 84.1 Å². The average Bonchev–Trinajstić information content (AvgIpc) is 2.61. The van der Waals surface area contributed by atoms with Crippen LogP contribution in [0.4, 0.5) is 0 Å². The van der Waals surface area contributed by atoms with Gasteiger partial charge in [-0.1, -0.05) is 40.5 Å². The molecular formula is C19H36N4O4. The number of rotatable bonds is 9. The van der Waals surface area contributed by atoms with E-state index in [4.69, 9.17) is 0 Å². The van der Waals surface area contributed by atoms with Crippen molar-refractivity contribution in [3.63, 3.8) is 0 Å². The van der Waals surface area contributed by atoms with Crippen LogP contribution in [0.3, 0.4) is 0 Å². The zero-order valence-electron chi connectivity index (χ0n) is 17.4. The summed E-state index contributed by atoms with van der Waals surface area (Å²) in [5.41, 5.74) is -0.449. The number of hydrogen-bond acceptors (Lipinski definition) is 5. The number of hydroxylamine groups is 2. The standard InChI is InChI=1S/C19H36N4O4/c1-6-7-8-15(13-23(27)14-24)17(25)20-16(19(2,3)4)18(26)22-11-9-21(5)10-12-22/h14-16,27H,6-13H2,1-5H3,(H,20,25)/t15-,16?/m1/s1. The van der Waals surface area contributed by atoms with E-state index < -0.39 is 17.4 Å². The van der Waals surface area contributed by atoms with Crippen LogP contribution in [0.15, 0.2) is 0 Å². The zero-order valence-corrected chi connectivity index (χ0v) is 17.4. The fourth-order valence-corrected chi connectivity index (χ4v) is 3.14. The molecule has 8 nitrogen and oxygen atoms in total. The highest BCUT2D eigenvalue weighted by atomic mass is 16.5. The SMILES string of the molecule is CCCC[C@H](CN(O)C=O)C(=O)NC(C(=O)N1CCN(C)CC1)C(C)(C)C. The Labute approximate surface area is 162 Å². The topological polar surface area (TPSA) is 93.2 Å². The number of hydrogen-bond donors (Lipinski definition) is 2. The van der Waals surface area contributed by atoms with Crippen LogP contribution in [0, 0.1) is 11.3 Å². The molecule has 27 heavy (non-hydrogen) atoms. The fourth-order valence-electron chi connectivity index (χ4n) is 3.14. The molecule has 1 aliphatic heterocycles. The van der Waals surface area contributed by atoms with Crippen LogP contribution in [0.5, 0.6) is 0 Å². The third-order valence-corrected chi connectivity index (χ3v) is 5.02. The van der Waals surface area contributed by atoms with Crippen LogP contribution in [0.2, 0.25) is 0 Å². The molecule has 0 radical (unpaired) electrons. The summed E-state index contributed by atoms with van der Waals surface area (Å²) in [5, 5.41) is 12.9. The number of amides is 3. The van der Waals surface area contributed by atoms with Crippen molar-refractivity contribution >= 4 is 18.2 Å². The first-order chi connectivity index (χ1) is 12.6. The third-order valence-electron chi connectivity index (χ3n) is 5.02. The molecule has 8 heteroatoms. The van der Waals surface area contributed by atoms with Crippen molar-refractivity contribution in [2.45, 2.75) is 53.0 Å². The Morgan fingerprint density at radius 1 is 1.22 bits per heavy atom. The molecule has 2 N–H and O–H groups in total. The van der Waals surface area contributed by atoms with Gasteiger partial charge in [0.25, 0.3) is 0 Å². The van der Waals surface area contributed by atoms with Crippen molar-refractivity contribution in [1.82, 2.24) is 20.2 Å². The number of unbranched alkanes of at least 4 members (excludes halogenated alkanes) is 1. The molecule has 0 aromatic heterocycles. The Balaban J connectivity index is 2.87. The molecular weight excluding hydrogens is 348 g/mol. The Morgan fingerprint density at radius 2 is 1.81 bits per heavy atom. The number of likely N-dealkylation sites (N-methyl/N-ethyl adjacent to an activating group) is 1. The van der Waals surface area contributed by atoms with Crippen molar-refractivity contribution in [1.29, 1.82) is 0 Å². The van der Waals surface area contributed by atoms with Crippen LogP contribution in [0.1, 0.15) is 47.0 Å². The van der Waals surface area contributed by atoms with E-state index in [0.717, 1.165) is 25.9 Å². The monoisotopic (exact) mass is 384 g/mol. The van der Waals surface area contributed by atoms with Gasteiger partial charge in [0.1, 0.15) is 6.04 Å². The summed E-state index contributed by atoms with van der Waals surface area (Å²) in [4.78, 5) is 40.6. The molecule has 0 bridgehead atoms. The van der Waals surface area contributed by atoms with Crippen LogP contribution in [-0.2, 0) is 14.4 Å². The highest BCUT2D eigenvalue weighted by Crippen LogP contribution is 2.23. The van der Waals surface area contributed by atoms with Gasteiger partial charge in [-0.05, 0) is 18.9 Å². The molecule has 0 saturated carbocycles. The van der Waals surface area contributed by atoms with E-state index >= 15 is 0 Å². The molecule has 1 fully saturated rings. The van der Waals surface area contributed by atoms with E-state index in [2.05, 4.69) is 10.2 Å². The third kappa shape index (κ3) is 7.46. The summed E-state index contributed by atoms with van der Waals surface area (Å²) in [6.07, 6.45) is 2.55. The maximum atomic E-state index is 13.1. The molecule has 0 aliphatic carbocycles. The van der Waals surface area contributed by atoms with E-state index in [0.29, 0.717) is 31.0 Å². The van der Waals surface area contributed by atoms with Gasteiger partial charge in [-0.3, -0.25) is 19.6 Å². The Kier molecular flexibility index (Phi) is 9.18. The quantitative estimate of drug-likeness (QED) is 0.351. The highest BCUT2D eigenvalue weighted by Gasteiger charge is 2.37. The molecule has 1 unspecified atom stereocenters. The van der Waals surface area contributed by atoms with Crippen molar-refractivity contribution in [3.8, 4) is 0 Å². The molecule has 0 aromatic rings. The molecule has 1 heterocycles. The lowest BCUT2D eigenvalue weighted by molar-refractivity contribution is -0.155. The summed E-state index contributed by atoms with van der Waals surface area (Å²) >= 11 is 0. The number of carbonyl (C=O) groups excluding carboxylic acids is 3. The van der Waals surface area contributed by atoms with Gasteiger partial charge in [-0.15, -0.1) is 0 Å². The highest BCUT2D eigenvalue weighted by molar-refractivity contribution is 5.89. The van der Waals surface area contributed by atoms with Crippen molar-refractivity contribution in [2.75, 3.05) is 39.8 Å². The molecule has 1 aliphatic rings. The van der Waals surface area contributed by atoms with Gasteiger partial charge < -0.3 is 15.1 Å². The molecule has 3 amide bonds. The fraction of sp³-hybridized carbons (Fsp3) is 0.842. The summed E-state index contributed by atoms with van der Waals surface area (Å²) in [6.45, 7) is 10.6. The van der Waals surface area contributed by atoms with Gasteiger partial charge in [-0.25, -0.2) is 5.06 Å². The predicted molar refractivity (Wildman–Crippen MR) is 103 cm³/mol. The molecule has 2 atom stereocenters. The van der Waals surface area contributed by atoms with E-state index in [1.165, 1.54) is 0 Å². The minimum Gasteiger partial charge on any atom is -0.344 e. The second-order valence-corrected chi connectivity index (χ2v) is 8.50. The van der Waals surface area contributed by atoms with E-state index in [9.17, 15) is 19.6 Å². The predicted octanol–water partition coefficient (Wildman–Crippen LogP) is 0.945. The zero-order chi connectivity index (χ0) is 20.6. The summed E-state index contributed by atoms with van der Waals surface area (Å²) in [7, 11) is 2.02. The van der Waals surface area contributed by atoms with Gasteiger partial charge in [-0.2, -0.15) is 0 Å². The second kappa shape index (κ2) is 10.6. The van der Waals surface area contributed by atoms with Gasteiger partial charge in [0.15, 0.2) is 0 Å². The van der Waals surface area contributed by atoms with E-state index in [1.807, 2.05) is 34.7 Å². The number of piperazine rings is 1. The minimum absolute atomic E-state index is 0.0745. The van der Waals surface area contributed by atoms with E-state index in [-0.39, 0.29) is 18.4 Å². The first kappa shape index (κ1) is 23.4. The van der Waals surface area contributed by atoms with Gasteiger partial charge in [0.2, 0.25) is 18.2 Å². The largest absolute Gasteiger partial charge is 0.344 e.